The molecule has 0 saturated heterocycles. The summed E-state index contributed by atoms with van der Waals surface area (Å²) < 4.78 is 9.84. The minimum absolute atomic E-state index is 0.119. The molecular formula is C17H18N2O4S. The van der Waals surface area contributed by atoms with Crippen LogP contribution in [0.4, 0.5) is 0 Å². The zero-order chi connectivity index (χ0) is 17.7. The van der Waals surface area contributed by atoms with Gasteiger partial charge in [0, 0.05) is 5.70 Å². The van der Waals surface area contributed by atoms with Gasteiger partial charge in [0.1, 0.15) is 6.61 Å². The van der Waals surface area contributed by atoms with E-state index in [1.54, 1.807) is 31.2 Å². The third-order valence-corrected chi connectivity index (χ3v) is 3.71. The topological polar surface area (TPSA) is 76.7 Å². The average Bonchev–Trinajstić information content (AvgIpc) is 2.58. The number of rotatable bonds is 5. The van der Waals surface area contributed by atoms with E-state index in [1.807, 2.05) is 0 Å². The third-order valence-electron chi connectivity index (χ3n) is 3.49. The lowest BCUT2D eigenvalue weighted by molar-refractivity contribution is -0.138. The first kappa shape index (κ1) is 17.7. The Bertz CT molecular complexity index is 710. The Labute approximate surface area is 145 Å². The van der Waals surface area contributed by atoms with Crippen molar-refractivity contribution in [3.63, 3.8) is 0 Å². The Morgan fingerprint density at radius 1 is 1.29 bits per heavy atom. The smallest absolute Gasteiger partial charge is 0.338 e. The lowest BCUT2D eigenvalue weighted by Crippen LogP contribution is -2.45. The van der Waals surface area contributed by atoms with Crippen LogP contribution in [-0.4, -0.2) is 30.8 Å². The van der Waals surface area contributed by atoms with Crippen molar-refractivity contribution in [2.75, 3.05) is 13.7 Å². The fraction of sp³-hybridized carbons (Fsp3) is 0.235. The van der Waals surface area contributed by atoms with Crippen molar-refractivity contribution in [3.8, 4) is 0 Å². The van der Waals surface area contributed by atoms with Gasteiger partial charge in [-0.15, -0.1) is 0 Å². The summed E-state index contributed by atoms with van der Waals surface area (Å²) >= 11 is 5.17. The maximum Gasteiger partial charge on any atom is 0.338 e. The third kappa shape index (κ3) is 3.80. The fourth-order valence-corrected chi connectivity index (χ4v) is 2.63. The number of carbonyl (C=O) groups excluding carboxylic acids is 2. The summed E-state index contributed by atoms with van der Waals surface area (Å²) in [5.41, 5.74) is 2.25. The van der Waals surface area contributed by atoms with Gasteiger partial charge < -0.3 is 20.1 Å². The molecule has 1 aliphatic heterocycles. The molecule has 0 spiro atoms. The first-order chi connectivity index (χ1) is 11.5. The summed E-state index contributed by atoms with van der Waals surface area (Å²) in [5.74, 6) is -0.885. The quantitative estimate of drug-likeness (QED) is 0.480. The number of benzene rings is 1. The van der Waals surface area contributed by atoms with Gasteiger partial charge in [0.25, 0.3) is 0 Å². The predicted molar refractivity (Wildman–Crippen MR) is 93.2 cm³/mol. The van der Waals surface area contributed by atoms with E-state index in [4.69, 9.17) is 17.0 Å². The van der Waals surface area contributed by atoms with Gasteiger partial charge >= 0.3 is 11.9 Å². The molecule has 0 saturated carbocycles. The van der Waals surface area contributed by atoms with E-state index < -0.39 is 18.0 Å². The summed E-state index contributed by atoms with van der Waals surface area (Å²) in [7, 11) is 1.32. The number of thiocarbonyl (C=S) groups is 1. The summed E-state index contributed by atoms with van der Waals surface area (Å²) in [6.07, 6.45) is 1.50. The van der Waals surface area contributed by atoms with Crippen molar-refractivity contribution in [2.45, 2.75) is 13.0 Å². The zero-order valence-electron chi connectivity index (χ0n) is 13.4. The van der Waals surface area contributed by atoms with Gasteiger partial charge in [0.2, 0.25) is 0 Å². The molecule has 0 aromatic heterocycles. The monoisotopic (exact) mass is 346 g/mol. The van der Waals surface area contributed by atoms with Gasteiger partial charge in [0.15, 0.2) is 5.11 Å². The first-order valence-corrected chi connectivity index (χ1v) is 7.63. The van der Waals surface area contributed by atoms with E-state index in [9.17, 15) is 9.59 Å². The van der Waals surface area contributed by atoms with Crippen LogP contribution < -0.4 is 10.6 Å². The van der Waals surface area contributed by atoms with Crippen molar-refractivity contribution in [3.05, 3.63) is 59.3 Å². The Morgan fingerprint density at radius 3 is 2.54 bits per heavy atom. The molecule has 1 aromatic rings. The summed E-state index contributed by atoms with van der Waals surface area (Å²) in [4.78, 5) is 23.9. The van der Waals surface area contributed by atoms with Crippen LogP contribution in [0, 0.1) is 0 Å². The Balaban J connectivity index is 2.35. The van der Waals surface area contributed by atoms with Gasteiger partial charge in [-0.05, 0) is 36.8 Å². The average molecular weight is 346 g/mol. The first-order valence-electron chi connectivity index (χ1n) is 7.22. The predicted octanol–water partition coefficient (Wildman–Crippen LogP) is 2.00. The lowest BCUT2D eigenvalue weighted by atomic mass is 9.95. The van der Waals surface area contributed by atoms with E-state index in [1.165, 1.54) is 13.2 Å². The van der Waals surface area contributed by atoms with Gasteiger partial charge in [-0.2, -0.15) is 0 Å². The highest BCUT2D eigenvalue weighted by Crippen LogP contribution is 2.28. The van der Waals surface area contributed by atoms with E-state index in [0.29, 0.717) is 21.9 Å². The molecular weight excluding hydrogens is 328 g/mol. The summed E-state index contributed by atoms with van der Waals surface area (Å²) in [5, 5.41) is 6.39. The number of hydrogen-bond acceptors (Lipinski definition) is 5. The lowest BCUT2D eigenvalue weighted by Gasteiger charge is -2.29. The molecule has 6 nitrogen and oxygen atoms in total. The molecule has 0 fully saturated rings. The minimum Gasteiger partial charge on any atom is -0.465 e. The van der Waals surface area contributed by atoms with Gasteiger partial charge in [-0.25, -0.2) is 9.59 Å². The molecule has 0 radical (unpaired) electrons. The highest BCUT2D eigenvalue weighted by atomic mass is 32.1. The highest BCUT2D eigenvalue weighted by molar-refractivity contribution is 7.80. The highest BCUT2D eigenvalue weighted by Gasteiger charge is 2.30. The van der Waals surface area contributed by atoms with E-state index >= 15 is 0 Å². The number of carbonyl (C=O) groups is 2. The molecule has 1 unspecified atom stereocenters. The van der Waals surface area contributed by atoms with Crippen LogP contribution in [0.25, 0.3) is 0 Å². The van der Waals surface area contributed by atoms with E-state index in [0.717, 1.165) is 5.56 Å². The Kier molecular flexibility index (Phi) is 5.70. The number of esters is 2. The van der Waals surface area contributed by atoms with Gasteiger partial charge in [-0.1, -0.05) is 24.8 Å². The van der Waals surface area contributed by atoms with Crippen LogP contribution in [0.1, 0.15) is 28.9 Å². The van der Waals surface area contributed by atoms with Crippen LogP contribution in [0.5, 0.6) is 0 Å². The van der Waals surface area contributed by atoms with Gasteiger partial charge in [-0.3, -0.25) is 0 Å². The standard InChI is InChI=1S/C17H18N2O4S/c1-4-9-23-16(21)13-10(2)18-17(24)19-14(13)11-5-7-12(8-6-11)15(20)22-3/h4-8,14H,1,9H2,2-3H3,(H2,18,19,24). The zero-order valence-corrected chi connectivity index (χ0v) is 14.2. The van der Waals surface area contributed by atoms with Crippen molar-refractivity contribution >= 4 is 29.3 Å². The molecule has 2 N–H and O–H groups in total. The second-order valence-corrected chi connectivity index (χ2v) is 5.48. The molecule has 0 aliphatic carbocycles. The van der Waals surface area contributed by atoms with E-state index in [2.05, 4.69) is 21.9 Å². The second kappa shape index (κ2) is 7.74. The maximum atomic E-state index is 12.4. The normalized spacial score (nSPS) is 16.8. The molecule has 1 aliphatic rings. The molecule has 2 rings (SSSR count). The SMILES string of the molecule is C=CCOC(=O)C1=C(C)NC(=S)NC1c1ccc(C(=O)OC)cc1. The minimum atomic E-state index is -0.470. The fourth-order valence-electron chi connectivity index (χ4n) is 2.36. The maximum absolute atomic E-state index is 12.4. The van der Waals surface area contributed by atoms with Crippen LogP contribution in [-0.2, 0) is 14.3 Å². The molecule has 24 heavy (non-hydrogen) atoms. The van der Waals surface area contributed by atoms with Crippen molar-refractivity contribution < 1.29 is 19.1 Å². The molecule has 1 atom stereocenters. The van der Waals surface area contributed by atoms with Crippen LogP contribution in [0.3, 0.4) is 0 Å². The number of methoxy groups -OCH3 is 1. The van der Waals surface area contributed by atoms with Crippen LogP contribution in [0.2, 0.25) is 0 Å². The van der Waals surface area contributed by atoms with Gasteiger partial charge in [0.05, 0.1) is 24.3 Å². The molecule has 0 amide bonds. The second-order valence-electron chi connectivity index (χ2n) is 5.07. The molecule has 7 heteroatoms. The number of ether oxygens (including phenoxy) is 2. The molecule has 1 heterocycles. The number of allylic oxidation sites excluding steroid dienone is 1. The Hall–Kier alpha value is -2.67. The van der Waals surface area contributed by atoms with E-state index in [-0.39, 0.29) is 6.61 Å². The number of hydrogen-bond donors (Lipinski definition) is 2. The summed E-state index contributed by atoms with van der Waals surface area (Å²) in [6.45, 7) is 5.41. The molecule has 126 valence electrons. The van der Waals surface area contributed by atoms with Crippen molar-refractivity contribution in [1.82, 2.24) is 10.6 Å². The van der Waals surface area contributed by atoms with Crippen molar-refractivity contribution in [1.29, 1.82) is 0 Å². The van der Waals surface area contributed by atoms with Crippen LogP contribution in [0.15, 0.2) is 48.2 Å². The van der Waals surface area contributed by atoms with Crippen molar-refractivity contribution in [2.24, 2.45) is 0 Å². The number of nitrogens with one attached hydrogen (secondary N) is 2. The largest absolute Gasteiger partial charge is 0.465 e. The summed E-state index contributed by atoms with van der Waals surface area (Å²) in [6, 6.07) is 6.28. The molecule has 0 bridgehead atoms. The van der Waals surface area contributed by atoms with Crippen LogP contribution >= 0.6 is 12.2 Å². The molecule has 1 aromatic carbocycles. The Morgan fingerprint density at radius 2 is 1.96 bits per heavy atom.